The maximum Gasteiger partial charge on any atom is 0.191 e. The second-order valence-corrected chi connectivity index (χ2v) is 7.03. The molecule has 1 fully saturated rings. The maximum absolute atomic E-state index is 4.66. The van der Waals surface area contributed by atoms with Crippen molar-refractivity contribution in [2.45, 2.75) is 39.3 Å². The summed E-state index contributed by atoms with van der Waals surface area (Å²) in [6, 6.07) is 6.38. The quantitative estimate of drug-likeness (QED) is 0.369. The molecule has 1 saturated heterocycles. The molecule has 3 heterocycles. The van der Waals surface area contributed by atoms with E-state index >= 15 is 0 Å². The van der Waals surface area contributed by atoms with E-state index in [-0.39, 0.29) is 24.0 Å². The number of halogens is 1. The van der Waals surface area contributed by atoms with Crippen molar-refractivity contribution in [2.24, 2.45) is 4.99 Å². The van der Waals surface area contributed by atoms with Crippen molar-refractivity contribution in [3.63, 3.8) is 0 Å². The number of thiophene rings is 1. The van der Waals surface area contributed by atoms with Gasteiger partial charge in [-0.15, -0.1) is 24.0 Å². The van der Waals surface area contributed by atoms with Gasteiger partial charge in [-0.2, -0.15) is 11.3 Å². The standard InChI is InChI=1S/C19H27N5S.HI/c1-2-20-19(23-14-17-7-11-25-15-17)22-13-16-6-8-21-18(12-16)24-9-4-3-5-10-24;/h6-8,11-12,15H,2-5,9-10,13-14H2,1H3,(H2,20,22,23);1H. The van der Waals surface area contributed by atoms with E-state index in [1.165, 1.54) is 30.4 Å². The van der Waals surface area contributed by atoms with Crippen LogP contribution in [0, 0.1) is 0 Å². The number of nitrogens with zero attached hydrogens (tertiary/aromatic N) is 3. The molecule has 0 aromatic carbocycles. The molecule has 5 nitrogen and oxygen atoms in total. The topological polar surface area (TPSA) is 52.6 Å². The van der Waals surface area contributed by atoms with Gasteiger partial charge in [0, 0.05) is 32.4 Å². The Morgan fingerprint density at radius 3 is 2.77 bits per heavy atom. The molecule has 2 aromatic heterocycles. The third-order valence-corrected chi connectivity index (χ3v) is 5.03. The van der Waals surface area contributed by atoms with Gasteiger partial charge in [-0.3, -0.25) is 0 Å². The van der Waals surface area contributed by atoms with Gasteiger partial charge in [0.05, 0.1) is 6.54 Å². The predicted molar refractivity (Wildman–Crippen MR) is 122 cm³/mol. The Bertz CT molecular complexity index is 668. The molecule has 26 heavy (non-hydrogen) atoms. The third-order valence-electron chi connectivity index (χ3n) is 4.29. The van der Waals surface area contributed by atoms with Crippen molar-refractivity contribution < 1.29 is 0 Å². The summed E-state index contributed by atoms with van der Waals surface area (Å²) in [7, 11) is 0. The van der Waals surface area contributed by atoms with Crippen LogP contribution in [0.1, 0.15) is 37.3 Å². The monoisotopic (exact) mass is 485 g/mol. The summed E-state index contributed by atoms with van der Waals surface area (Å²) in [5.41, 5.74) is 2.48. The van der Waals surface area contributed by atoms with Crippen LogP contribution in [0.2, 0.25) is 0 Å². The van der Waals surface area contributed by atoms with Crippen LogP contribution in [0.15, 0.2) is 40.1 Å². The van der Waals surface area contributed by atoms with Crippen molar-refractivity contribution in [3.05, 3.63) is 46.3 Å². The Morgan fingerprint density at radius 2 is 2.04 bits per heavy atom. The van der Waals surface area contributed by atoms with E-state index in [0.717, 1.165) is 38.0 Å². The number of guanidine groups is 1. The zero-order valence-corrected chi connectivity index (χ0v) is 18.4. The van der Waals surface area contributed by atoms with E-state index in [1.54, 1.807) is 11.3 Å². The summed E-state index contributed by atoms with van der Waals surface area (Å²) in [5.74, 6) is 1.95. The molecule has 0 unspecified atom stereocenters. The number of aliphatic imine (C=N–C) groups is 1. The molecule has 3 rings (SSSR count). The zero-order valence-electron chi connectivity index (χ0n) is 15.3. The van der Waals surface area contributed by atoms with E-state index in [2.05, 4.69) is 61.4 Å². The smallest absolute Gasteiger partial charge is 0.191 e. The van der Waals surface area contributed by atoms with Crippen molar-refractivity contribution >= 4 is 47.1 Å². The number of nitrogens with one attached hydrogen (secondary N) is 2. The van der Waals surface area contributed by atoms with Crippen molar-refractivity contribution in [1.29, 1.82) is 0 Å². The Kier molecular flexibility index (Phi) is 9.17. The fourth-order valence-electron chi connectivity index (χ4n) is 2.95. The largest absolute Gasteiger partial charge is 0.357 e. The van der Waals surface area contributed by atoms with E-state index in [4.69, 9.17) is 0 Å². The second kappa shape index (κ2) is 11.4. The average Bonchev–Trinajstić information content (AvgIpc) is 3.18. The van der Waals surface area contributed by atoms with Gasteiger partial charge in [-0.1, -0.05) is 0 Å². The highest BCUT2D eigenvalue weighted by molar-refractivity contribution is 14.0. The number of pyridine rings is 1. The van der Waals surface area contributed by atoms with E-state index < -0.39 is 0 Å². The molecule has 1 aliphatic heterocycles. The first-order chi connectivity index (χ1) is 12.3. The molecule has 7 heteroatoms. The lowest BCUT2D eigenvalue weighted by Crippen LogP contribution is -2.37. The van der Waals surface area contributed by atoms with Gasteiger partial charge in [0.1, 0.15) is 5.82 Å². The van der Waals surface area contributed by atoms with Gasteiger partial charge in [0.25, 0.3) is 0 Å². The minimum absolute atomic E-state index is 0. The molecule has 0 saturated carbocycles. The van der Waals surface area contributed by atoms with Crippen LogP contribution in [0.25, 0.3) is 0 Å². The summed E-state index contributed by atoms with van der Waals surface area (Å²) in [6.45, 7) is 6.63. The first-order valence-electron chi connectivity index (χ1n) is 9.08. The highest BCUT2D eigenvalue weighted by Crippen LogP contribution is 2.18. The predicted octanol–water partition coefficient (Wildman–Crippen LogP) is 4.01. The van der Waals surface area contributed by atoms with Crippen LogP contribution in [-0.4, -0.2) is 30.6 Å². The average molecular weight is 485 g/mol. The minimum atomic E-state index is 0. The molecule has 0 spiro atoms. The first-order valence-corrected chi connectivity index (χ1v) is 10.0. The van der Waals surface area contributed by atoms with E-state index in [1.807, 2.05) is 6.20 Å². The van der Waals surface area contributed by atoms with Gasteiger partial charge in [-0.25, -0.2) is 9.98 Å². The molecule has 2 N–H and O–H groups in total. The highest BCUT2D eigenvalue weighted by atomic mass is 127. The third kappa shape index (κ3) is 6.42. The van der Waals surface area contributed by atoms with Crippen LogP contribution in [0.4, 0.5) is 5.82 Å². The zero-order chi connectivity index (χ0) is 17.3. The van der Waals surface area contributed by atoms with E-state index in [0.29, 0.717) is 6.54 Å². The second-order valence-electron chi connectivity index (χ2n) is 6.25. The Balaban J connectivity index is 0.00000243. The normalized spacial score (nSPS) is 14.7. The van der Waals surface area contributed by atoms with Crippen LogP contribution < -0.4 is 15.5 Å². The van der Waals surface area contributed by atoms with Crippen LogP contribution >= 0.6 is 35.3 Å². The number of aromatic nitrogens is 1. The Morgan fingerprint density at radius 1 is 1.19 bits per heavy atom. The van der Waals surface area contributed by atoms with Gasteiger partial charge >= 0.3 is 0 Å². The first kappa shape index (κ1) is 21.0. The molecule has 0 bridgehead atoms. The summed E-state index contributed by atoms with van der Waals surface area (Å²) in [4.78, 5) is 11.6. The molecule has 142 valence electrons. The van der Waals surface area contributed by atoms with Crippen LogP contribution in [-0.2, 0) is 13.1 Å². The Labute approximate surface area is 177 Å². The number of anilines is 1. The van der Waals surface area contributed by atoms with Crippen LogP contribution in [0.3, 0.4) is 0 Å². The highest BCUT2D eigenvalue weighted by Gasteiger charge is 2.12. The van der Waals surface area contributed by atoms with Gasteiger partial charge < -0.3 is 15.5 Å². The molecule has 0 amide bonds. The minimum Gasteiger partial charge on any atom is -0.357 e. The lowest BCUT2D eigenvalue weighted by atomic mass is 10.1. The summed E-state index contributed by atoms with van der Waals surface area (Å²) in [6.07, 6.45) is 5.79. The van der Waals surface area contributed by atoms with Gasteiger partial charge in [0.15, 0.2) is 5.96 Å². The molecule has 0 aliphatic carbocycles. The number of hydrogen-bond donors (Lipinski definition) is 2. The fourth-order valence-corrected chi connectivity index (χ4v) is 3.61. The SMILES string of the molecule is CCNC(=NCc1ccsc1)NCc1ccnc(N2CCCCC2)c1.I. The van der Waals surface area contributed by atoms with Crippen molar-refractivity contribution in [2.75, 3.05) is 24.5 Å². The van der Waals surface area contributed by atoms with Crippen molar-refractivity contribution in [3.8, 4) is 0 Å². The molecule has 2 aromatic rings. The lowest BCUT2D eigenvalue weighted by molar-refractivity contribution is 0.573. The number of piperidine rings is 1. The fraction of sp³-hybridized carbons (Fsp3) is 0.474. The summed E-state index contributed by atoms with van der Waals surface area (Å²) < 4.78 is 0. The number of hydrogen-bond acceptors (Lipinski definition) is 4. The molecule has 0 radical (unpaired) electrons. The van der Waals surface area contributed by atoms with Crippen molar-refractivity contribution in [1.82, 2.24) is 15.6 Å². The molecular formula is C19H28IN5S. The molecule has 0 atom stereocenters. The summed E-state index contributed by atoms with van der Waals surface area (Å²) >= 11 is 1.71. The maximum atomic E-state index is 4.66. The number of rotatable bonds is 6. The van der Waals surface area contributed by atoms with E-state index in [9.17, 15) is 0 Å². The van der Waals surface area contributed by atoms with Crippen LogP contribution in [0.5, 0.6) is 0 Å². The Hall–Kier alpha value is -1.35. The summed E-state index contributed by atoms with van der Waals surface area (Å²) in [5, 5.41) is 11.0. The molecular weight excluding hydrogens is 457 g/mol. The molecule has 1 aliphatic rings. The lowest BCUT2D eigenvalue weighted by Gasteiger charge is -2.28. The van der Waals surface area contributed by atoms with Gasteiger partial charge in [0.2, 0.25) is 0 Å². The van der Waals surface area contributed by atoms with Gasteiger partial charge in [-0.05, 0) is 66.3 Å².